The van der Waals surface area contributed by atoms with Crippen LogP contribution in [-0.4, -0.2) is 33.7 Å². The zero-order valence-electron chi connectivity index (χ0n) is 12.1. The van der Waals surface area contributed by atoms with Crippen LogP contribution in [0.25, 0.3) is 5.69 Å². The summed E-state index contributed by atoms with van der Waals surface area (Å²) in [5.41, 5.74) is 4.14. The molecule has 0 radical (unpaired) electrons. The van der Waals surface area contributed by atoms with Crippen molar-refractivity contribution < 1.29 is 4.79 Å². The molecule has 0 saturated carbocycles. The molecule has 4 nitrogen and oxygen atoms in total. The van der Waals surface area contributed by atoms with Gasteiger partial charge >= 0.3 is 0 Å². The molecular weight excluding hydrogens is 262 g/mol. The van der Waals surface area contributed by atoms with Gasteiger partial charge in [-0.2, -0.15) is 5.10 Å². The van der Waals surface area contributed by atoms with E-state index in [-0.39, 0.29) is 5.91 Å². The molecular formula is C17H19N3O. The zero-order chi connectivity index (χ0) is 14.2. The van der Waals surface area contributed by atoms with Crippen molar-refractivity contribution in [3.63, 3.8) is 0 Å². The van der Waals surface area contributed by atoms with Crippen molar-refractivity contribution in [2.24, 2.45) is 0 Å². The fourth-order valence-electron chi connectivity index (χ4n) is 3.46. The molecule has 1 aliphatic heterocycles. The van der Waals surface area contributed by atoms with Crippen LogP contribution in [0.5, 0.6) is 0 Å². The summed E-state index contributed by atoms with van der Waals surface area (Å²) >= 11 is 0. The third kappa shape index (κ3) is 2.06. The summed E-state index contributed by atoms with van der Waals surface area (Å²) in [7, 11) is 0. The number of fused-ring (bicyclic) bond motifs is 1. The highest BCUT2D eigenvalue weighted by Gasteiger charge is 2.30. The van der Waals surface area contributed by atoms with Crippen molar-refractivity contribution in [1.82, 2.24) is 14.7 Å². The van der Waals surface area contributed by atoms with Crippen LogP contribution in [-0.2, 0) is 12.8 Å². The lowest BCUT2D eigenvalue weighted by Crippen LogP contribution is -2.28. The number of benzene rings is 1. The summed E-state index contributed by atoms with van der Waals surface area (Å²) in [6.45, 7) is 1.76. The van der Waals surface area contributed by atoms with Crippen molar-refractivity contribution >= 4 is 5.91 Å². The predicted octanol–water partition coefficient (Wildman–Crippen LogP) is 2.60. The van der Waals surface area contributed by atoms with Crippen LogP contribution in [0.1, 0.15) is 41.0 Å². The molecule has 1 fully saturated rings. The van der Waals surface area contributed by atoms with Gasteiger partial charge in [0, 0.05) is 24.3 Å². The summed E-state index contributed by atoms with van der Waals surface area (Å²) in [6.07, 6.45) is 5.36. The van der Waals surface area contributed by atoms with E-state index in [1.54, 1.807) is 0 Å². The largest absolute Gasteiger partial charge is 0.337 e. The van der Waals surface area contributed by atoms with Crippen molar-refractivity contribution in [2.75, 3.05) is 13.1 Å². The topological polar surface area (TPSA) is 38.1 Å². The number of likely N-dealkylation sites (tertiary alicyclic amines) is 1. The normalized spacial score (nSPS) is 17.2. The average Bonchev–Trinajstić information content (AvgIpc) is 3.24. The maximum absolute atomic E-state index is 12.7. The molecule has 108 valence electrons. The first-order chi connectivity index (χ1) is 10.3. The molecule has 0 atom stereocenters. The second kappa shape index (κ2) is 5.02. The molecule has 1 aromatic carbocycles. The van der Waals surface area contributed by atoms with E-state index in [1.165, 1.54) is 11.3 Å². The first-order valence-corrected chi connectivity index (χ1v) is 7.80. The third-order valence-electron chi connectivity index (χ3n) is 4.53. The predicted molar refractivity (Wildman–Crippen MR) is 80.7 cm³/mol. The van der Waals surface area contributed by atoms with Gasteiger partial charge in [-0.3, -0.25) is 4.79 Å². The number of rotatable bonds is 2. The lowest BCUT2D eigenvalue weighted by Gasteiger charge is -2.14. The standard InChI is InChI=1S/C17H19N3O/c21-17(19-11-4-5-12-19)16-14-9-6-10-15(14)20(18-16)13-7-2-1-3-8-13/h1-3,7-8H,4-6,9-12H2. The van der Waals surface area contributed by atoms with Gasteiger partial charge in [-0.25, -0.2) is 4.68 Å². The molecule has 2 heterocycles. The van der Waals surface area contributed by atoms with Gasteiger partial charge in [0.1, 0.15) is 0 Å². The van der Waals surface area contributed by atoms with Crippen LogP contribution in [0.3, 0.4) is 0 Å². The Morgan fingerprint density at radius 1 is 1.00 bits per heavy atom. The van der Waals surface area contributed by atoms with Gasteiger partial charge in [0.05, 0.1) is 5.69 Å². The van der Waals surface area contributed by atoms with E-state index in [0.29, 0.717) is 5.69 Å². The summed E-state index contributed by atoms with van der Waals surface area (Å²) in [6, 6.07) is 10.1. The summed E-state index contributed by atoms with van der Waals surface area (Å²) < 4.78 is 1.98. The molecule has 0 unspecified atom stereocenters. The molecule has 1 aromatic heterocycles. The van der Waals surface area contributed by atoms with Gasteiger partial charge in [0.25, 0.3) is 5.91 Å². The lowest BCUT2D eigenvalue weighted by atomic mass is 10.2. The minimum Gasteiger partial charge on any atom is -0.337 e. The molecule has 0 bridgehead atoms. The lowest BCUT2D eigenvalue weighted by molar-refractivity contribution is 0.0785. The Labute approximate surface area is 124 Å². The SMILES string of the molecule is O=C(c1nn(-c2ccccc2)c2c1CCC2)N1CCCC1. The minimum atomic E-state index is 0.125. The van der Waals surface area contributed by atoms with E-state index < -0.39 is 0 Å². The van der Waals surface area contributed by atoms with E-state index in [9.17, 15) is 4.79 Å². The fourth-order valence-corrected chi connectivity index (χ4v) is 3.46. The van der Waals surface area contributed by atoms with Gasteiger partial charge in [0.2, 0.25) is 0 Å². The molecule has 2 aromatic rings. The van der Waals surface area contributed by atoms with Crippen molar-refractivity contribution in [3.8, 4) is 5.69 Å². The first kappa shape index (κ1) is 12.6. The monoisotopic (exact) mass is 281 g/mol. The molecule has 1 aliphatic carbocycles. The Morgan fingerprint density at radius 3 is 2.52 bits per heavy atom. The van der Waals surface area contributed by atoms with E-state index in [0.717, 1.165) is 50.9 Å². The Kier molecular flexibility index (Phi) is 3.02. The van der Waals surface area contributed by atoms with Gasteiger partial charge < -0.3 is 4.90 Å². The smallest absolute Gasteiger partial charge is 0.274 e. The molecule has 0 spiro atoms. The summed E-state index contributed by atoms with van der Waals surface area (Å²) in [4.78, 5) is 14.7. The molecule has 21 heavy (non-hydrogen) atoms. The maximum atomic E-state index is 12.7. The number of carbonyl (C=O) groups excluding carboxylic acids is 1. The minimum absolute atomic E-state index is 0.125. The number of para-hydroxylation sites is 1. The summed E-state index contributed by atoms with van der Waals surface area (Å²) in [5, 5.41) is 4.67. The number of hydrogen-bond acceptors (Lipinski definition) is 2. The molecule has 1 saturated heterocycles. The fraction of sp³-hybridized carbons (Fsp3) is 0.412. The van der Waals surface area contributed by atoms with Crippen LogP contribution in [0.4, 0.5) is 0 Å². The second-order valence-corrected chi connectivity index (χ2v) is 5.87. The first-order valence-electron chi connectivity index (χ1n) is 7.80. The molecule has 4 rings (SSSR count). The number of nitrogens with zero attached hydrogens (tertiary/aromatic N) is 3. The molecule has 4 heteroatoms. The Bertz CT molecular complexity index is 669. The van der Waals surface area contributed by atoms with Gasteiger partial charge in [-0.15, -0.1) is 0 Å². The van der Waals surface area contributed by atoms with Crippen LogP contribution in [0.15, 0.2) is 30.3 Å². The highest BCUT2D eigenvalue weighted by Crippen LogP contribution is 2.29. The van der Waals surface area contributed by atoms with Gasteiger partial charge in [-0.05, 0) is 44.2 Å². The van der Waals surface area contributed by atoms with E-state index in [2.05, 4.69) is 17.2 Å². The van der Waals surface area contributed by atoms with E-state index in [4.69, 9.17) is 0 Å². The molecule has 0 N–H and O–H groups in total. The van der Waals surface area contributed by atoms with Crippen LogP contribution in [0, 0.1) is 0 Å². The van der Waals surface area contributed by atoms with Crippen LogP contribution >= 0.6 is 0 Å². The highest BCUT2D eigenvalue weighted by atomic mass is 16.2. The maximum Gasteiger partial charge on any atom is 0.274 e. The Hall–Kier alpha value is -2.10. The van der Waals surface area contributed by atoms with Crippen molar-refractivity contribution in [2.45, 2.75) is 32.1 Å². The van der Waals surface area contributed by atoms with Crippen molar-refractivity contribution in [3.05, 3.63) is 47.3 Å². The Morgan fingerprint density at radius 2 is 1.76 bits per heavy atom. The quantitative estimate of drug-likeness (QED) is 0.848. The van der Waals surface area contributed by atoms with Crippen molar-refractivity contribution in [1.29, 1.82) is 0 Å². The van der Waals surface area contributed by atoms with E-state index >= 15 is 0 Å². The number of amides is 1. The van der Waals surface area contributed by atoms with Gasteiger partial charge in [0.15, 0.2) is 5.69 Å². The molecule has 1 amide bonds. The zero-order valence-corrected chi connectivity index (χ0v) is 12.1. The molecule has 2 aliphatic rings. The number of hydrogen-bond donors (Lipinski definition) is 0. The van der Waals surface area contributed by atoms with Gasteiger partial charge in [-0.1, -0.05) is 18.2 Å². The van der Waals surface area contributed by atoms with Crippen LogP contribution in [0.2, 0.25) is 0 Å². The van der Waals surface area contributed by atoms with Crippen LogP contribution < -0.4 is 0 Å². The van der Waals surface area contributed by atoms with E-state index in [1.807, 2.05) is 27.8 Å². The average molecular weight is 281 g/mol. The second-order valence-electron chi connectivity index (χ2n) is 5.87. The highest BCUT2D eigenvalue weighted by molar-refractivity contribution is 5.94. The summed E-state index contributed by atoms with van der Waals surface area (Å²) in [5.74, 6) is 0.125. The third-order valence-corrected chi connectivity index (χ3v) is 4.53. The Balaban J connectivity index is 1.77. The number of aromatic nitrogens is 2. The number of carbonyl (C=O) groups is 1.